The molecule has 0 unspecified atom stereocenters. The fourth-order valence-corrected chi connectivity index (χ4v) is 3.99. The highest BCUT2D eigenvalue weighted by Gasteiger charge is 2.26. The van der Waals surface area contributed by atoms with Crippen molar-refractivity contribution in [2.24, 2.45) is 5.92 Å². The Morgan fingerprint density at radius 3 is 2.76 bits per heavy atom. The summed E-state index contributed by atoms with van der Waals surface area (Å²) in [7, 11) is 0. The van der Waals surface area contributed by atoms with E-state index >= 15 is 0 Å². The Balaban J connectivity index is 1.30. The summed E-state index contributed by atoms with van der Waals surface area (Å²) in [6.45, 7) is 6.66. The van der Waals surface area contributed by atoms with Crippen LogP contribution in [0.1, 0.15) is 24.1 Å². The first-order chi connectivity index (χ1) is 14.0. The van der Waals surface area contributed by atoms with E-state index in [9.17, 15) is 9.59 Å². The van der Waals surface area contributed by atoms with Crippen molar-refractivity contribution in [3.63, 3.8) is 0 Å². The highest BCUT2D eigenvalue weighted by Crippen LogP contribution is 2.21. The van der Waals surface area contributed by atoms with Gasteiger partial charge in [0.2, 0.25) is 11.8 Å². The van der Waals surface area contributed by atoms with Gasteiger partial charge >= 0.3 is 0 Å². The van der Waals surface area contributed by atoms with Crippen LogP contribution in [0.25, 0.3) is 0 Å². The standard InChI is InChI=1S/C21H28N4O3S/c1-15-4-3-5-18(12-15)28-11-8-22-19(26)13-25-9-6-17(7-10-25)20(27)24-21-23-16(2)14-29-21/h3-5,12,14,17H,6-11,13H2,1-2H3,(H,22,26)(H,23,24,27). The van der Waals surface area contributed by atoms with Gasteiger partial charge in [-0.3, -0.25) is 14.5 Å². The van der Waals surface area contributed by atoms with E-state index in [1.54, 1.807) is 0 Å². The third kappa shape index (κ3) is 6.83. The smallest absolute Gasteiger partial charge is 0.234 e. The molecule has 156 valence electrons. The second-order valence-corrected chi connectivity index (χ2v) is 8.21. The normalized spacial score (nSPS) is 15.1. The number of likely N-dealkylation sites (tertiary alicyclic amines) is 1. The number of carbonyl (C=O) groups excluding carboxylic acids is 2. The molecule has 1 aromatic heterocycles. The van der Waals surface area contributed by atoms with Crippen LogP contribution in [0, 0.1) is 19.8 Å². The van der Waals surface area contributed by atoms with Gasteiger partial charge in [0.1, 0.15) is 12.4 Å². The molecular weight excluding hydrogens is 388 g/mol. The van der Waals surface area contributed by atoms with Crippen LogP contribution in [0.5, 0.6) is 5.75 Å². The summed E-state index contributed by atoms with van der Waals surface area (Å²) in [5.41, 5.74) is 2.06. The van der Waals surface area contributed by atoms with E-state index in [1.165, 1.54) is 11.3 Å². The quantitative estimate of drug-likeness (QED) is 0.647. The highest BCUT2D eigenvalue weighted by molar-refractivity contribution is 7.13. The number of anilines is 1. The van der Waals surface area contributed by atoms with Gasteiger partial charge in [0, 0.05) is 11.3 Å². The molecule has 7 nitrogen and oxygen atoms in total. The topological polar surface area (TPSA) is 83.6 Å². The zero-order chi connectivity index (χ0) is 20.6. The number of amides is 2. The number of hydrogen-bond donors (Lipinski definition) is 2. The molecule has 0 spiro atoms. The molecule has 29 heavy (non-hydrogen) atoms. The molecule has 0 atom stereocenters. The summed E-state index contributed by atoms with van der Waals surface area (Å²) in [5, 5.41) is 8.36. The van der Waals surface area contributed by atoms with Crippen LogP contribution in [0.3, 0.4) is 0 Å². The van der Waals surface area contributed by atoms with Gasteiger partial charge in [0.05, 0.1) is 18.8 Å². The number of rotatable bonds is 8. The third-order valence-corrected chi connectivity index (χ3v) is 5.73. The first-order valence-corrected chi connectivity index (χ1v) is 10.8. The van der Waals surface area contributed by atoms with E-state index in [4.69, 9.17) is 4.74 Å². The Bertz CT molecular complexity index is 831. The number of thiazole rings is 1. The van der Waals surface area contributed by atoms with Crippen molar-refractivity contribution >= 4 is 28.3 Å². The van der Waals surface area contributed by atoms with Crippen LogP contribution in [0.15, 0.2) is 29.6 Å². The van der Waals surface area contributed by atoms with Crippen molar-refractivity contribution in [1.29, 1.82) is 0 Å². The van der Waals surface area contributed by atoms with Crippen LogP contribution in [0.2, 0.25) is 0 Å². The lowest BCUT2D eigenvalue weighted by atomic mass is 9.96. The van der Waals surface area contributed by atoms with Crippen molar-refractivity contribution in [2.45, 2.75) is 26.7 Å². The molecule has 0 radical (unpaired) electrons. The molecule has 2 N–H and O–H groups in total. The molecular formula is C21H28N4O3S. The average Bonchev–Trinajstić information content (AvgIpc) is 3.10. The Hall–Kier alpha value is -2.45. The molecule has 1 saturated heterocycles. The minimum atomic E-state index is -0.0266. The second kappa shape index (κ2) is 10.4. The molecule has 3 rings (SSSR count). The maximum atomic E-state index is 12.4. The molecule has 1 fully saturated rings. The van der Waals surface area contributed by atoms with Gasteiger partial charge in [-0.25, -0.2) is 4.98 Å². The van der Waals surface area contributed by atoms with Crippen molar-refractivity contribution in [3.05, 3.63) is 40.9 Å². The van der Waals surface area contributed by atoms with Crippen LogP contribution in [-0.4, -0.2) is 54.5 Å². The third-order valence-electron chi connectivity index (χ3n) is 4.86. The average molecular weight is 417 g/mol. The number of aromatic nitrogens is 1. The van der Waals surface area contributed by atoms with Gasteiger partial charge in [0.15, 0.2) is 5.13 Å². The lowest BCUT2D eigenvalue weighted by Gasteiger charge is -2.30. The Morgan fingerprint density at radius 1 is 1.28 bits per heavy atom. The lowest BCUT2D eigenvalue weighted by Crippen LogP contribution is -2.44. The lowest BCUT2D eigenvalue weighted by molar-refractivity contribution is -0.123. The van der Waals surface area contributed by atoms with Crippen LogP contribution < -0.4 is 15.4 Å². The van der Waals surface area contributed by atoms with Gasteiger partial charge in [-0.05, 0) is 57.5 Å². The van der Waals surface area contributed by atoms with Gasteiger partial charge in [0.25, 0.3) is 0 Å². The SMILES string of the molecule is Cc1cccc(OCCNC(=O)CN2CCC(C(=O)Nc3nc(C)cs3)CC2)c1. The molecule has 0 aliphatic carbocycles. The first kappa shape index (κ1) is 21.3. The van der Waals surface area contributed by atoms with E-state index in [-0.39, 0.29) is 17.7 Å². The van der Waals surface area contributed by atoms with Crippen molar-refractivity contribution < 1.29 is 14.3 Å². The number of benzene rings is 1. The molecule has 1 aromatic carbocycles. The molecule has 0 saturated carbocycles. The summed E-state index contributed by atoms with van der Waals surface area (Å²) in [6, 6.07) is 7.84. The molecule has 2 amide bonds. The number of nitrogens with zero attached hydrogens (tertiary/aromatic N) is 2. The summed E-state index contributed by atoms with van der Waals surface area (Å²) in [5.74, 6) is 0.796. The predicted octanol–water partition coefficient (Wildman–Crippen LogP) is 2.61. The van der Waals surface area contributed by atoms with Crippen LogP contribution in [0.4, 0.5) is 5.13 Å². The Kier molecular flexibility index (Phi) is 7.60. The van der Waals surface area contributed by atoms with Gasteiger partial charge < -0.3 is 15.4 Å². The second-order valence-electron chi connectivity index (χ2n) is 7.35. The molecule has 1 aliphatic heterocycles. The van der Waals surface area contributed by atoms with Crippen molar-refractivity contribution in [3.8, 4) is 5.75 Å². The molecule has 2 aromatic rings. The Labute approximate surface area is 175 Å². The molecule has 0 bridgehead atoms. The zero-order valence-electron chi connectivity index (χ0n) is 16.9. The van der Waals surface area contributed by atoms with E-state index in [0.29, 0.717) is 24.8 Å². The summed E-state index contributed by atoms with van der Waals surface area (Å²) >= 11 is 1.44. The van der Waals surface area contributed by atoms with Crippen LogP contribution >= 0.6 is 11.3 Å². The minimum absolute atomic E-state index is 0.0148. The fourth-order valence-electron chi connectivity index (χ4n) is 3.30. The number of piperidine rings is 1. The highest BCUT2D eigenvalue weighted by atomic mass is 32.1. The largest absolute Gasteiger partial charge is 0.492 e. The number of carbonyl (C=O) groups is 2. The number of aryl methyl sites for hydroxylation is 2. The molecule has 8 heteroatoms. The predicted molar refractivity (Wildman–Crippen MR) is 114 cm³/mol. The van der Waals surface area contributed by atoms with E-state index in [2.05, 4.69) is 20.5 Å². The van der Waals surface area contributed by atoms with Gasteiger partial charge in [-0.2, -0.15) is 0 Å². The number of ether oxygens (including phenoxy) is 1. The summed E-state index contributed by atoms with van der Waals surface area (Å²) < 4.78 is 5.64. The van der Waals surface area contributed by atoms with Gasteiger partial charge in [-0.15, -0.1) is 11.3 Å². The summed E-state index contributed by atoms with van der Waals surface area (Å²) in [4.78, 5) is 30.9. The maximum absolute atomic E-state index is 12.4. The Morgan fingerprint density at radius 2 is 2.07 bits per heavy atom. The minimum Gasteiger partial charge on any atom is -0.492 e. The zero-order valence-corrected chi connectivity index (χ0v) is 17.8. The first-order valence-electron chi connectivity index (χ1n) is 9.91. The monoisotopic (exact) mass is 416 g/mol. The fraction of sp³-hybridized carbons (Fsp3) is 0.476. The number of hydrogen-bond acceptors (Lipinski definition) is 6. The maximum Gasteiger partial charge on any atom is 0.234 e. The van der Waals surface area contributed by atoms with Crippen molar-refractivity contribution in [2.75, 3.05) is 38.1 Å². The summed E-state index contributed by atoms with van der Waals surface area (Å²) in [6.07, 6.45) is 1.50. The van der Waals surface area contributed by atoms with Crippen LogP contribution in [-0.2, 0) is 9.59 Å². The van der Waals surface area contributed by atoms with E-state index in [1.807, 2.05) is 43.5 Å². The van der Waals surface area contributed by atoms with Crippen molar-refractivity contribution in [1.82, 2.24) is 15.2 Å². The molecule has 2 heterocycles. The van der Waals surface area contributed by atoms with E-state index in [0.717, 1.165) is 42.9 Å². The van der Waals surface area contributed by atoms with E-state index < -0.39 is 0 Å². The van der Waals surface area contributed by atoms with Gasteiger partial charge in [-0.1, -0.05) is 12.1 Å². The number of nitrogens with one attached hydrogen (secondary N) is 2. The molecule has 1 aliphatic rings.